The van der Waals surface area contributed by atoms with Gasteiger partial charge in [-0.05, 0) is 45.4 Å². The molecule has 6 N–H and O–H groups in total. The lowest BCUT2D eigenvalue weighted by molar-refractivity contribution is -0.146. The van der Waals surface area contributed by atoms with Gasteiger partial charge in [0, 0.05) is 0 Å². The number of rotatable bonds is 17. The third-order valence-electron chi connectivity index (χ3n) is 7.24. The monoisotopic (exact) mass is 673 g/mol. The van der Waals surface area contributed by atoms with Crippen molar-refractivity contribution in [2.75, 3.05) is 32.7 Å². The number of esters is 2. The summed E-state index contributed by atoms with van der Waals surface area (Å²) < 4.78 is 43.5. The van der Waals surface area contributed by atoms with E-state index in [0.29, 0.717) is 0 Å². The number of hydrogen-bond donors (Lipinski definition) is 5. The molecule has 1 fully saturated rings. The van der Waals surface area contributed by atoms with Gasteiger partial charge in [0.2, 0.25) is 11.8 Å². The van der Waals surface area contributed by atoms with Gasteiger partial charge in [-0.2, -0.15) is 9.97 Å². The number of imidazole rings is 1. The average molecular weight is 674 g/mol. The predicted molar refractivity (Wildman–Crippen MR) is 166 cm³/mol. The Labute approximate surface area is 268 Å². The number of carbonyl (C=O) groups excluding carboxylic acids is 2. The van der Waals surface area contributed by atoms with E-state index < -0.39 is 62.3 Å². The molecule has 0 spiro atoms. The fraction of sp³-hybridized carbons (Fsp3) is 0.750. The predicted octanol–water partition coefficient (Wildman–Crippen LogP) is 1.69. The first-order valence-corrected chi connectivity index (χ1v) is 16.9. The topological polar surface area (TPSA) is 232 Å². The Morgan fingerprint density at radius 3 is 2.11 bits per heavy atom. The summed E-state index contributed by atoms with van der Waals surface area (Å²) in [5.74, 6) is -1.33. The van der Waals surface area contributed by atoms with Crippen molar-refractivity contribution in [1.29, 1.82) is 0 Å². The number of nitrogens with one attached hydrogen (secondary N) is 2. The molecule has 17 nitrogen and oxygen atoms in total. The summed E-state index contributed by atoms with van der Waals surface area (Å²) in [7, 11) is -2.91. The molecular weight excluding hydrogens is 625 g/mol. The molecule has 0 bridgehead atoms. The van der Waals surface area contributed by atoms with Crippen molar-refractivity contribution in [3.05, 3.63) is 6.33 Å². The number of fused-ring (bicyclic) bond motifs is 1. The fourth-order valence-corrected chi connectivity index (χ4v) is 6.95. The first-order valence-electron chi connectivity index (χ1n) is 15.3. The maximum atomic E-state index is 14.5. The van der Waals surface area contributed by atoms with Crippen molar-refractivity contribution in [3.8, 4) is 5.88 Å². The minimum atomic E-state index is -4.30. The van der Waals surface area contributed by atoms with E-state index in [1.54, 1.807) is 13.8 Å². The lowest BCUT2D eigenvalue weighted by Crippen LogP contribution is -2.47. The molecule has 46 heavy (non-hydrogen) atoms. The quantitative estimate of drug-likeness (QED) is 0.119. The van der Waals surface area contributed by atoms with Crippen LogP contribution < -0.4 is 20.6 Å². The number of ether oxygens (including phenoxy) is 4. The number of nitrogens with two attached hydrogens (primary N) is 1. The van der Waals surface area contributed by atoms with Gasteiger partial charge < -0.3 is 39.4 Å². The van der Waals surface area contributed by atoms with Crippen LogP contribution in [-0.4, -0.2) is 98.5 Å². The molecule has 2 aromatic heterocycles. The van der Waals surface area contributed by atoms with Gasteiger partial charge in [-0.3, -0.25) is 18.7 Å². The summed E-state index contributed by atoms with van der Waals surface area (Å²) in [4.78, 5) is 38.2. The van der Waals surface area contributed by atoms with Gasteiger partial charge in [0.05, 0.1) is 33.3 Å². The number of anilines is 1. The van der Waals surface area contributed by atoms with E-state index in [0.717, 1.165) is 0 Å². The van der Waals surface area contributed by atoms with E-state index in [2.05, 4.69) is 25.1 Å². The lowest BCUT2D eigenvalue weighted by atomic mass is 9.96. The van der Waals surface area contributed by atoms with E-state index in [1.807, 2.05) is 27.7 Å². The molecule has 1 aliphatic rings. The normalized spacial score (nSPS) is 24.2. The summed E-state index contributed by atoms with van der Waals surface area (Å²) in [6, 6.07) is -2.13. The lowest BCUT2D eigenvalue weighted by Gasteiger charge is -2.30. The number of aliphatic hydroxyl groups is 2. The molecular formula is C28H48N7O10P. The third kappa shape index (κ3) is 8.91. The van der Waals surface area contributed by atoms with Gasteiger partial charge in [0.15, 0.2) is 17.4 Å². The zero-order valence-electron chi connectivity index (χ0n) is 27.6. The van der Waals surface area contributed by atoms with Crippen molar-refractivity contribution < 1.29 is 47.8 Å². The van der Waals surface area contributed by atoms with Crippen LogP contribution in [-0.2, 0) is 32.9 Å². The molecule has 2 unspecified atom stereocenters. The van der Waals surface area contributed by atoms with Crippen LogP contribution in [0.2, 0.25) is 0 Å². The number of hydrogen-bond acceptors (Lipinski definition) is 14. The Bertz CT molecular complexity index is 1350. The first-order chi connectivity index (χ1) is 21.6. The Balaban J connectivity index is 1.94. The molecule has 0 saturated carbocycles. The zero-order valence-corrected chi connectivity index (χ0v) is 28.5. The zero-order chi connectivity index (χ0) is 34.4. The van der Waals surface area contributed by atoms with Gasteiger partial charge in [-0.15, -0.1) is 0 Å². The molecule has 2 aromatic rings. The summed E-state index contributed by atoms with van der Waals surface area (Å²) in [5.41, 5.74) is 4.34. The highest BCUT2D eigenvalue weighted by molar-refractivity contribution is 7.54. The van der Waals surface area contributed by atoms with E-state index in [-0.39, 0.29) is 60.9 Å². The molecule has 6 atom stereocenters. The molecule has 3 rings (SSSR count). The van der Waals surface area contributed by atoms with Gasteiger partial charge in [0.25, 0.3) is 0 Å². The molecule has 1 saturated heterocycles. The van der Waals surface area contributed by atoms with Crippen LogP contribution in [0.5, 0.6) is 5.88 Å². The van der Waals surface area contributed by atoms with Gasteiger partial charge in [0.1, 0.15) is 29.9 Å². The van der Waals surface area contributed by atoms with Crippen molar-refractivity contribution >= 4 is 36.7 Å². The minimum Gasteiger partial charge on any atom is -0.479 e. The summed E-state index contributed by atoms with van der Waals surface area (Å²) in [6.45, 7) is 11.8. The van der Waals surface area contributed by atoms with Crippen LogP contribution >= 0.6 is 7.67 Å². The number of aliphatic hydroxyl groups excluding tert-OH is 1. The van der Waals surface area contributed by atoms with Crippen LogP contribution in [0.1, 0.15) is 67.5 Å². The summed E-state index contributed by atoms with van der Waals surface area (Å²) in [6.07, 6.45) is -2.24. The molecule has 18 heteroatoms. The highest BCUT2D eigenvalue weighted by atomic mass is 31.2. The van der Waals surface area contributed by atoms with Crippen molar-refractivity contribution in [2.45, 2.75) is 97.4 Å². The Morgan fingerprint density at radius 2 is 1.63 bits per heavy atom. The molecule has 0 aliphatic carbocycles. The number of nitrogens with zero attached hydrogens (tertiary/aromatic N) is 4. The molecule has 3 heterocycles. The highest BCUT2D eigenvalue weighted by Crippen LogP contribution is 2.45. The van der Waals surface area contributed by atoms with Crippen LogP contribution in [0, 0.1) is 11.8 Å². The van der Waals surface area contributed by atoms with Crippen LogP contribution in [0.25, 0.3) is 11.2 Å². The second-order valence-electron chi connectivity index (χ2n) is 12.1. The smallest absolute Gasteiger partial charge is 0.342 e. The summed E-state index contributed by atoms with van der Waals surface area (Å²) >= 11 is 0. The SMILES string of the molecule is CCOC(=O)C(CC(C)C)NP(=O)(NC(CC(C)C)C(=O)OCC)OC[C@H]1O[C@@H](n2cnc3c(OC)nc(N)nc32)[C@](C)(O)[C@@H]1O. The van der Waals surface area contributed by atoms with E-state index in [4.69, 9.17) is 29.2 Å². The number of nitrogen functional groups attached to an aromatic ring is 1. The van der Waals surface area contributed by atoms with E-state index >= 15 is 0 Å². The maximum absolute atomic E-state index is 14.5. The number of carbonyl (C=O) groups is 2. The van der Waals surface area contributed by atoms with Gasteiger partial charge in [-0.25, -0.2) is 15.2 Å². The average Bonchev–Trinajstić information content (AvgIpc) is 3.47. The first kappa shape index (κ1) is 37.5. The second-order valence-corrected chi connectivity index (χ2v) is 14.0. The number of methoxy groups -OCH3 is 1. The highest BCUT2D eigenvalue weighted by Gasteiger charge is 2.54. The van der Waals surface area contributed by atoms with Crippen molar-refractivity contribution in [3.63, 3.8) is 0 Å². The Hall–Kier alpha value is -2.92. The second kappa shape index (κ2) is 15.8. The van der Waals surface area contributed by atoms with E-state index in [1.165, 1.54) is 24.9 Å². The van der Waals surface area contributed by atoms with Crippen LogP contribution in [0.3, 0.4) is 0 Å². The van der Waals surface area contributed by atoms with Crippen molar-refractivity contribution in [1.82, 2.24) is 29.7 Å². The molecule has 0 aromatic carbocycles. The van der Waals surface area contributed by atoms with Crippen LogP contribution in [0.15, 0.2) is 6.33 Å². The molecule has 260 valence electrons. The molecule has 0 radical (unpaired) electrons. The summed E-state index contributed by atoms with van der Waals surface area (Å²) in [5, 5.41) is 28.1. The minimum absolute atomic E-state index is 0.0100. The largest absolute Gasteiger partial charge is 0.479 e. The maximum Gasteiger partial charge on any atom is 0.342 e. The van der Waals surface area contributed by atoms with Gasteiger partial charge in [-0.1, -0.05) is 27.7 Å². The third-order valence-corrected chi connectivity index (χ3v) is 9.05. The van der Waals surface area contributed by atoms with Crippen molar-refractivity contribution in [2.24, 2.45) is 11.8 Å². The van der Waals surface area contributed by atoms with E-state index in [9.17, 15) is 24.4 Å². The standard InChI is InChI=1S/C28H48N7O10P/c1-9-42-24(37)17(11-15(3)4)33-46(40,34-18(12-16(5)6)25(38)43-10-2)44-13-19-21(36)28(7,39)26(45-19)35-14-30-20-22(35)31-27(29)32-23(20)41-8/h14-19,21,26,36,39H,9-13H2,1-8H3,(H2,29,31,32)(H2,33,34,40)/t17?,18?,19-,21-,26-,28-,46?/m1/s1. The van der Waals surface area contributed by atoms with Gasteiger partial charge >= 0.3 is 19.6 Å². The van der Waals surface area contributed by atoms with Crippen LogP contribution in [0.4, 0.5) is 5.95 Å². The molecule has 0 amide bonds. The number of aromatic nitrogens is 4. The Kier molecular flexibility index (Phi) is 12.9. The fourth-order valence-electron chi connectivity index (χ4n) is 5.13. The Morgan fingerprint density at radius 1 is 1.09 bits per heavy atom. The molecule has 1 aliphatic heterocycles.